The molecule has 0 spiro atoms. The van der Waals surface area contributed by atoms with Crippen molar-refractivity contribution in [1.29, 1.82) is 0 Å². The second kappa shape index (κ2) is 7.57. The minimum Gasteiger partial charge on any atom is -0.379 e. The van der Waals surface area contributed by atoms with Gasteiger partial charge in [0.1, 0.15) is 4.83 Å². The van der Waals surface area contributed by atoms with E-state index < -0.39 is 0 Å². The van der Waals surface area contributed by atoms with Gasteiger partial charge in [0.05, 0.1) is 31.5 Å². The fraction of sp³-hybridized carbons (Fsp3) is 0.650. The summed E-state index contributed by atoms with van der Waals surface area (Å²) < 4.78 is 7.13. The molecule has 4 heterocycles. The minimum atomic E-state index is 0.0644. The number of thiophene rings is 1. The Morgan fingerprint density at radius 2 is 2.04 bits per heavy atom. The van der Waals surface area contributed by atoms with Gasteiger partial charge in [0.25, 0.3) is 5.56 Å². The lowest BCUT2D eigenvalue weighted by Crippen LogP contribution is -2.41. The van der Waals surface area contributed by atoms with Crippen molar-refractivity contribution >= 4 is 27.5 Å². The van der Waals surface area contributed by atoms with E-state index in [-0.39, 0.29) is 11.5 Å². The van der Waals surface area contributed by atoms with Gasteiger partial charge in [-0.25, -0.2) is 4.98 Å². The van der Waals surface area contributed by atoms with Gasteiger partial charge in [-0.15, -0.1) is 11.3 Å². The lowest BCUT2D eigenvalue weighted by Gasteiger charge is -2.33. The Morgan fingerprint density at radius 1 is 1.21 bits per heavy atom. The molecule has 8 heteroatoms. The van der Waals surface area contributed by atoms with E-state index >= 15 is 0 Å². The molecule has 3 aliphatic rings. The van der Waals surface area contributed by atoms with Crippen LogP contribution in [0.2, 0.25) is 0 Å². The summed E-state index contributed by atoms with van der Waals surface area (Å²) in [7, 11) is 0. The van der Waals surface area contributed by atoms with Crippen LogP contribution in [-0.2, 0) is 29.0 Å². The van der Waals surface area contributed by atoms with Crippen LogP contribution < -0.4 is 5.56 Å². The van der Waals surface area contributed by atoms with E-state index in [4.69, 9.17) is 4.74 Å². The molecule has 0 bridgehead atoms. The van der Waals surface area contributed by atoms with Crippen LogP contribution in [0.5, 0.6) is 0 Å². The SMILES string of the molecule is O=C(C1CCC1)N1CCc2c(sc3ncn(CCN4CCOCC4)c(=O)c23)C1. The Hall–Kier alpha value is -1.77. The molecule has 2 aromatic heterocycles. The molecule has 1 aliphatic carbocycles. The number of fused-ring (bicyclic) bond motifs is 3. The fourth-order valence-corrected chi connectivity index (χ4v) is 5.55. The summed E-state index contributed by atoms with van der Waals surface area (Å²) in [5, 5.41) is 0.778. The first-order valence-electron chi connectivity index (χ1n) is 10.3. The number of rotatable bonds is 4. The van der Waals surface area contributed by atoms with Crippen molar-refractivity contribution in [2.24, 2.45) is 5.92 Å². The van der Waals surface area contributed by atoms with Crippen molar-refractivity contribution in [2.45, 2.75) is 38.8 Å². The molecule has 0 atom stereocenters. The third kappa shape index (κ3) is 3.27. The first kappa shape index (κ1) is 18.3. The highest BCUT2D eigenvalue weighted by molar-refractivity contribution is 7.18. The molecule has 0 radical (unpaired) electrons. The second-order valence-electron chi connectivity index (χ2n) is 8.02. The predicted octanol–water partition coefficient (Wildman–Crippen LogP) is 1.48. The van der Waals surface area contributed by atoms with Gasteiger partial charge in [0, 0.05) is 43.5 Å². The van der Waals surface area contributed by atoms with Gasteiger partial charge in [-0.1, -0.05) is 6.42 Å². The number of morpholine rings is 1. The fourth-order valence-electron chi connectivity index (χ4n) is 4.35. The maximum atomic E-state index is 13.1. The summed E-state index contributed by atoms with van der Waals surface area (Å²) in [6, 6.07) is 0. The predicted molar refractivity (Wildman–Crippen MR) is 108 cm³/mol. The zero-order valence-electron chi connectivity index (χ0n) is 16.1. The summed E-state index contributed by atoms with van der Waals surface area (Å²) in [6.07, 6.45) is 5.68. The molecular weight excluding hydrogens is 376 g/mol. The van der Waals surface area contributed by atoms with Crippen LogP contribution in [0.25, 0.3) is 10.2 Å². The number of nitrogens with zero attached hydrogens (tertiary/aromatic N) is 4. The summed E-state index contributed by atoms with van der Waals surface area (Å²) >= 11 is 1.58. The summed E-state index contributed by atoms with van der Waals surface area (Å²) in [6.45, 7) is 6.22. The molecule has 0 aromatic carbocycles. The number of carbonyl (C=O) groups excluding carboxylic acids is 1. The maximum absolute atomic E-state index is 13.1. The van der Waals surface area contributed by atoms with Crippen LogP contribution in [0.4, 0.5) is 0 Å². The van der Waals surface area contributed by atoms with Crippen molar-refractivity contribution in [2.75, 3.05) is 39.4 Å². The molecule has 7 nitrogen and oxygen atoms in total. The highest BCUT2D eigenvalue weighted by Gasteiger charge is 2.32. The molecule has 0 unspecified atom stereocenters. The quantitative estimate of drug-likeness (QED) is 0.775. The lowest BCUT2D eigenvalue weighted by atomic mass is 9.84. The zero-order valence-corrected chi connectivity index (χ0v) is 16.9. The number of hydrogen-bond acceptors (Lipinski definition) is 6. The van der Waals surface area contributed by atoms with E-state index in [2.05, 4.69) is 9.88 Å². The standard InChI is InChI=1S/C20H26N4O3S/c25-19(14-2-1-3-14)23-5-4-15-16(12-23)28-18-17(15)20(26)24(13-21-18)7-6-22-8-10-27-11-9-22/h13-14H,1-12H2. The van der Waals surface area contributed by atoms with Gasteiger partial charge < -0.3 is 9.64 Å². The Kier molecular flexibility index (Phi) is 4.94. The minimum absolute atomic E-state index is 0.0644. The van der Waals surface area contributed by atoms with Crippen LogP contribution in [-0.4, -0.2) is 64.7 Å². The molecule has 0 N–H and O–H groups in total. The third-order valence-electron chi connectivity index (χ3n) is 6.35. The summed E-state index contributed by atoms with van der Waals surface area (Å²) in [5.74, 6) is 0.525. The maximum Gasteiger partial charge on any atom is 0.262 e. The topological polar surface area (TPSA) is 67.7 Å². The van der Waals surface area contributed by atoms with E-state index in [1.165, 1.54) is 6.42 Å². The normalized spacial score (nSPS) is 20.9. The van der Waals surface area contributed by atoms with Crippen LogP contribution in [0.15, 0.2) is 11.1 Å². The van der Waals surface area contributed by atoms with E-state index in [9.17, 15) is 9.59 Å². The lowest BCUT2D eigenvalue weighted by molar-refractivity contribution is -0.139. The average Bonchev–Trinajstić information content (AvgIpc) is 3.05. The second-order valence-corrected chi connectivity index (χ2v) is 9.10. The number of aromatic nitrogens is 2. The molecule has 2 fully saturated rings. The van der Waals surface area contributed by atoms with Gasteiger partial charge in [-0.2, -0.15) is 0 Å². The van der Waals surface area contributed by atoms with Crippen molar-refractivity contribution < 1.29 is 9.53 Å². The van der Waals surface area contributed by atoms with Crippen LogP contribution in [0.3, 0.4) is 0 Å². The highest BCUT2D eigenvalue weighted by atomic mass is 32.1. The van der Waals surface area contributed by atoms with Gasteiger partial charge in [-0.05, 0) is 24.8 Å². The van der Waals surface area contributed by atoms with Gasteiger partial charge in [0.15, 0.2) is 0 Å². The highest BCUT2D eigenvalue weighted by Crippen LogP contribution is 2.35. The Morgan fingerprint density at radius 3 is 2.79 bits per heavy atom. The Bertz CT molecular complexity index is 943. The van der Waals surface area contributed by atoms with E-state index in [0.29, 0.717) is 19.0 Å². The number of amides is 1. The Balaban J connectivity index is 1.36. The molecule has 1 saturated heterocycles. The van der Waals surface area contributed by atoms with Gasteiger partial charge in [-0.3, -0.25) is 19.1 Å². The van der Waals surface area contributed by atoms with Crippen molar-refractivity contribution in [1.82, 2.24) is 19.4 Å². The molecule has 150 valence electrons. The largest absolute Gasteiger partial charge is 0.379 e. The molecular formula is C20H26N4O3S. The van der Waals surface area contributed by atoms with Gasteiger partial charge >= 0.3 is 0 Å². The molecule has 2 aliphatic heterocycles. The van der Waals surface area contributed by atoms with E-state index in [1.807, 2.05) is 4.90 Å². The first-order valence-corrected chi connectivity index (χ1v) is 11.1. The molecule has 1 amide bonds. The Labute approximate surface area is 167 Å². The third-order valence-corrected chi connectivity index (χ3v) is 7.48. The molecule has 5 rings (SSSR count). The number of hydrogen-bond donors (Lipinski definition) is 0. The monoisotopic (exact) mass is 402 g/mol. The van der Waals surface area contributed by atoms with E-state index in [0.717, 1.165) is 79.3 Å². The molecule has 28 heavy (non-hydrogen) atoms. The summed E-state index contributed by atoms with van der Waals surface area (Å²) in [4.78, 5) is 36.6. The van der Waals surface area contributed by atoms with Crippen LogP contribution in [0, 0.1) is 5.92 Å². The van der Waals surface area contributed by atoms with Crippen molar-refractivity contribution in [3.63, 3.8) is 0 Å². The number of carbonyl (C=O) groups is 1. The zero-order chi connectivity index (χ0) is 19.1. The number of ether oxygens (including phenoxy) is 1. The summed E-state index contributed by atoms with van der Waals surface area (Å²) in [5.41, 5.74) is 1.19. The van der Waals surface area contributed by atoms with Crippen LogP contribution in [0.1, 0.15) is 29.7 Å². The van der Waals surface area contributed by atoms with Crippen molar-refractivity contribution in [3.05, 3.63) is 27.1 Å². The van der Waals surface area contributed by atoms with Gasteiger partial charge in [0.2, 0.25) is 5.91 Å². The van der Waals surface area contributed by atoms with Crippen LogP contribution >= 0.6 is 11.3 Å². The smallest absolute Gasteiger partial charge is 0.262 e. The first-order chi connectivity index (χ1) is 13.7. The average molecular weight is 403 g/mol. The van der Waals surface area contributed by atoms with E-state index in [1.54, 1.807) is 22.2 Å². The molecule has 1 saturated carbocycles. The molecule has 2 aromatic rings. The van der Waals surface area contributed by atoms with Crippen molar-refractivity contribution in [3.8, 4) is 0 Å².